The van der Waals surface area contributed by atoms with Crippen LogP contribution in [0.5, 0.6) is 0 Å². The third-order valence-electron chi connectivity index (χ3n) is 3.49. The number of hydrogen-bond acceptors (Lipinski definition) is 5. The van der Waals surface area contributed by atoms with Crippen molar-refractivity contribution in [3.05, 3.63) is 17.3 Å². The van der Waals surface area contributed by atoms with Gasteiger partial charge in [-0.25, -0.2) is 13.6 Å². The lowest BCUT2D eigenvalue weighted by Crippen LogP contribution is -2.29. The van der Waals surface area contributed by atoms with E-state index in [0.717, 1.165) is 7.11 Å². The van der Waals surface area contributed by atoms with Crippen LogP contribution in [0, 0.1) is 0 Å². The van der Waals surface area contributed by atoms with Crippen LogP contribution < -0.4 is 4.90 Å². The molecule has 0 atom stereocenters. The summed E-state index contributed by atoms with van der Waals surface area (Å²) in [7, 11) is 1.01. The summed E-state index contributed by atoms with van der Waals surface area (Å²) in [5, 5.41) is 6.49. The Balaban J connectivity index is 2.39. The van der Waals surface area contributed by atoms with Crippen molar-refractivity contribution in [1.82, 2.24) is 10.2 Å². The minimum atomic E-state index is -4.78. The van der Waals surface area contributed by atoms with Gasteiger partial charge in [-0.3, -0.25) is 0 Å². The van der Waals surface area contributed by atoms with Crippen molar-refractivity contribution in [1.29, 1.82) is 0 Å². The maximum atomic E-state index is 13.4. The fourth-order valence-electron chi connectivity index (χ4n) is 2.29. The molecule has 1 aromatic rings. The first-order chi connectivity index (χ1) is 10.6. The Hall–Kier alpha value is -2.00. The van der Waals surface area contributed by atoms with Crippen LogP contribution in [-0.2, 0) is 10.9 Å². The monoisotopic (exact) mass is 339 g/mol. The average Bonchev–Trinajstić information content (AvgIpc) is 2.65. The zero-order valence-corrected chi connectivity index (χ0v) is 12.2. The summed E-state index contributed by atoms with van der Waals surface area (Å²) >= 11 is 0. The van der Waals surface area contributed by atoms with Crippen LogP contribution in [0.25, 0.3) is 0 Å². The Bertz CT molecular complexity index is 591. The molecule has 0 saturated carbocycles. The molecule has 0 unspecified atom stereocenters. The Morgan fingerprint density at radius 2 is 1.96 bits per heavy atom. The van der Waals surface area contributed by atoms with E-state index in [4.69, 9.17) is 0 Å². The highest BCUT2D eigenvalue weighted by Gasteiger charge is 2.37. The molecule has 0 N–H and O–H groups in total. The normalized spacial score (nSPS) is 18.4. The van der Waals surface area contributed by atoms with E-state index in [1.807, 2.05) is 0 Å². The van der Waals surface area contributed by atoms with Gasteiger partial charge in [0.2, 0.25) is 5.92 Å². The largest absolute Gasteiger partial charge is 0.465 e. The highest BCUT2D eigenvalue weighted by molar-refractivity contribution is 5.94. The number of hydrogen-bond donors (Lipinski definition) is 0. The molecule has 2 rings (SSSR count). The van der Waals surface area contributed by atoms with Crippen LogP contribution in [0.1, 0.15) is 35.3 Å². The Morgan fingerprint density at radius 1 is 1.26 bits per heavy atom. The van der Waals surface area contributed by atoms with E-state index in [2.05, 4.69) is 14.9 Å². The quantitative estimate of drug-likeness (QED) is 0.613. The lowest BCUT2D eigenvalue weighted by atomic mass is 10.1. The summed E-state index contributed by atoms with van der Waals surface area (Å²) in [5.74, 6) is -4.06. The first-order valence-corrected chi connectivity index (χ1v) is 6.80. The third-order valence-corrected chi connectivity index (χ3v) is 3.49. The number of rotatable bonds is 2. The minimum Gasteiger partial charge on any atom is -0.465 e. The summed E-state index contributed by atoms with van der Waals surface area (Å²) < 4.78 is 69.4. The van der Waals surface area contributed by atoms with E-state index in [-0.39, 0.29) is 31.7 Å². The van der Waals surface area contributed by atoms with Gasteiger partial charge >= 0.3 is 12.1 Å². The number of carbonyl (C=O) groups excluding carboxylic acids is 1. The summed E-state index contributed by atoms with van der Waals surface area (Å²) in [6, 6.07) is 0.525. The fraction of sp³-hybridized carbons (Fsp3) is 0.615. The first kappa shape index (κ1) is 17.4. The summed E-state index contributed by atoms with van der Waals surface area (Å²) in [5.41, 5.74) is -1.79. The summed E-state index contributed by atoms with van der Waals surface area (Å²) in [4.78, 5) is 13.1. The highest BCUT2D eigenvalue weighted by Crippen LogP contribution is 2.33. The van der Waals surface area contributed by atoms with Crippen molar-refractivity contribution >= 4 is 11.8 Å². The second kappa shape index (κ2) is 6.25. The van der Waals surface area contributed by atoms with E-state index in [9.17, 15) is 26.7 Å². The third kappa shape index (κ3) is 4.05. The SMILES string of the molecule is COC(=O)c1cc(C(F)(F)F)nnc1N1CCCC(F)(F)CC1. The molecule has 128 valence electrons. The van der Waals surface area contributed by atoms with Crippen molar-refractivity contribution in [2.45, 2.75) is 31.4 Å². The van der Waals surface area contributed by atoms with Crippen molar-refractivity contribution < 1.29 is 31.5 Å². The van der Waals surface area contributed by atoms with Gasteiger partial charge in [-0.15, -0.1) is 10.2 Å². The lowest BCUT2D eigenvalue weighted by Gasteiger charge is -2.23. The molecule has 5 nitrogen and oxygen atoms in total. The second-order valence-electron chi connectivity index (χ2n) is 5.15. The molecular formula is C13H14F5N3O2. The van der Waals surface area contributed by atoms with Crippen molar-refractivity contribution in [2.24, 2.45) is 0 Å². The van der Waals surface area contributed by atoms with Gasteiger partial charge in [-0.2, -0.15) is 13.2 Å². The molecule has 0 aromatic carbocycles. The minimum absolute atomic E-state index is 0.121. The van der Waals surface area contributed by atoms with Gasteiger partial charge in [0.1, 0.15) is 5.56 Å². The Morgan fingerprint density at radius 3 is 2.57 bits per heavy atom. The second-order valence-corrected chi connectivity index (χ2v) is 5.15. The number of nitrogens with zero attached hydrogens (tertiary/aromatic N) is 3. The molecule has 0 bridgehead atoms. The average molecular weight is 339 g/mol. The topological polar surface area (TPSA) is 55.3 Å². The summed E-state index contributed by atoms with van der Waals surface area (Å²) in [6.45, 7) is -0.00331. The number of aromatic nitrogens is 2. The lowest BCUT2D eigenvalue weighted by molar-refractivity contribution is -0.141. The Kier molecular flexibility index (Phi) is 4.71. The Labute approximate surface area is 128 Å². The predicted molar refractivity (Wildman–Crippen MR) is 69.4 cm³/mol. The molecule has 1 fully saturated rings. The molecule has 1 aliphatic heterocycles. The molecule has 0 radical (unpaired) electrons. The molecule has 2 heterocycles. The maximum Gasteiger partial charge on any atom is 0.435 e. The van der Waals surface area contributed by atoms with E-state index in [1.165, 1.54) is 4.90 Å². The first-order valence-electron chi connectivity index (χ1n) is 6.80. The number of alkyl halides is 5. The highest BCUT2D eigenvalue weighted by atomic mass is 19.4. The van der Waals surface area contributed by atoms with Crippen LogP contribution in [-0.4, -0.2) is 42.3 Å². The summed E-state index contributed by atoms with van der Waals surface area (Å²) in [6.07, 6.45) is -5.46. The van der Waals surface area contributed by atoms with Crippen LogP contribution in [0.15, 0.2) is 6.07 Å². The molecule has 0 aliphatic carbocycles. The van der Waals surface area contributed by atoms with Crippen molar-refractivity contribution in [3.8, 4) is 0 Å². The fourth-order valence-corrected chi connectivity index (χ4v) is 2.29. The van der Waals surface area contributed by atoms with Gasteiger partial charge in [-0.1, -0.05) is 0 Å². The number of halogens is 5. The predicted octanol–water partition coefficient (Wildman–Crippen LogP) is 2.91. The number of carbonyl (C=O) groups is 1. The number of esters is 1. The number of ether oxygens (including phenoxy) is 1. The van der Waals surface area contributed by atoms with Gasteiger partial charge < -0.3 is 9.64 Å². The van der Waals surface area contributed by atoms with Gasteiger partial charge in [0.15, 0.2) is 11.5 Å². The molecule has 10 heteroatoms. The van der Waals surface area contributed by atoms with Gasteiger partial charge in [0, 0.05) is 25.9 Å². The van der Waals surface area contributed by atoms with Crippen LogP contribution >= 0.6 is 0 Å². The number of anilines is 1. The van der Waals surface area contributed by atoms with Crippen molar-refractivity contribution in [2.75, 3.05) is 25.1 Å². The van der Waals surface area contributed by atoms with Crippen LogP contribution in [0.3, 0.4) is 0 Å². The van der Waals surface area contributed by atoms with E-state index in [1.54, 1.807) is 0 Å². The number of methoxy groups -OCH3 is 1. The van der Waals surface area contributed by atoms with Crippen LogP contribution in [0.2, 0.25) is 0 Å². The zero-order valence-electron chi connectivity index (χ0n) is 12.2. The van der Waals surface area contributed by atoms with Crippen molar-refractivity contribution in [3.63, 3.8) is 0 Å². The van der Waals surface area contributed by atoms with E-state index < -0.39 is 35.7 Å². The van der Waals surface area contributed by atoms with Crippen LogP contribution in [0.4, 0.5) is 27.8 Å². The molecule has 0 spiro atoms. The molecule has 1 aromatic heterocycles. The standard InChI is InChI=1S/C13H14F5N3O2/c1-23-11(22)8-7-9(13(16,17)18)19-20-10(8)21-5-2-3-12(14,15)4-6-21/h7H,2-6H2,1H3. The zero-order chi connectivity index (χ0) is 17.3. The van der Waals surface area contributed by atoms with Gasteiger partial charge in [-0.05, 0) is 12.5 Å². The van der Waals surface area contributed by atoms with Gasteiger partial charge in [0.25, 0.3) is 0 Å². The molecular weight excluding hydrogens is 325 g/mol. The maximum absolute atomic E-state index is 13.4. The molecule has 23 heavy (non-hydrogen) atoms. The van der Waals surface area contributed by atoms with E-state index >= 15 is 0 Å². The van der Waals surface area contributed by atoms with E-state index in [0.29, 0.717) is 6.07 Å². The molecule has 1 saturated heterocycles. The molecule has 1 aliphatic rings. The smallest absolute Gasteiger partial charge is 0.435 e. The van der Waals surface area contributed by atoms with Gasteiger partial charge in [0.05, 0.1) is 7.11 Å². The molecule has 0 amide bonds.